The summed E-state index contributed by atoms with van der Waals surface area (Å²) in [5, 5.41) is 3.57. The average Bonchev–Trinajstić information content (AvgIpc) is 2.33. The van der Waals surface area contributed by atoms with E-state index in [1.54, 1.807) is 6.20 Å². The quantitative estimate of drug-likeness (QED) is 0.615. The third-order valence-electron chi connectivity index (χ3n) is 2.19. The molecule has 0 atom stereocenters. The molecule has 4 heteroatoms. The van der Waals surface area contributed by atoms with Gasteiger partial charge < -0.3 is 5.32 Å². The highest BCUT2D eigenvalue weighted by Crippen LogP contribution is 2.27. The number of rotatable bonds is 2. The zero-order chi connectivity index (χ0) is 11.5. The molecule has 0 radical (unpaired) electrons. The Hall–Kier alpha value is -1.81. The highest BCUT2D eigenvalue weighted by Gasteiger charge is 2.06. The predicted octanol–water partition coefficient (Wildman–Crippen LogP) is 2.65. The van der Waals surface area contributed by atoms with Crippen molar-refractivity contribution < 1.29 is 4.79 Å². The van der Waals surface area contributed by atoms with Gasteiger partial charge in [0.15, 0.2) is 0 Å². The van der Waals surface area contributed by atoms with Crippen molar-refractivity contribution in [2.24, 2.45) is 0 Å². The number of anilines is 1. The Morgan fingerprint density at radius 2 is 2.19 bits per heavy atom. The number of benzene rings is 1. The van der Waals surface area contributed by atoms with Crippen molar-refractivity contribution in [2.45, 2.75) is 4.90 Å². The Labute approximate surface area is 98.6 Å². The van der Waals surface area contributed by atoms with E-state index in [9.17, 15) is 4.79 Å². The summed E-state index contributed by atoms with van der Waals surface area (Å²) in [6.45, 7) is 3.39. The van der Waals surface area contributed by atoms with Gasteiger partial charge in [-0.05, 0) is 12.1 Å². The number of pyridine rings is 1. The monoisotopic (exact) mass is 230 g/mol. The molecular formula is C12H10N2OS. The number of thiol groups is 1. The van der Waals surface area contributed by atoms with Gasteiger partial charge in [-0.3, -0.25) is 9.78 Å². The summed E-state index contributed by atoms with van der Waals surface area (Å²) in [5.41, 5.74) is 1.44. The molecule has 0 fully saturated rings. The molecule has 0 unspecified atom stereocenters. The number of para-hydroxylation sites is 1. The lowest BCUT2D eigenvalue weighted by Crippen LogP contribution is -2.08. The Morgan fingerprint density at radius 1 is 1.44 bits per heavy atom. The molecule has 80 valence electrons. The molecule has 0 aliphatic rings. The van der Waals surface area contributed by atoms with Gasteiger partial charge in [0.1, 0.15) is 0 Å². The Morgan fingerprint density at radius 3 is 2.94 bits per heavy atom. The van der Waals surface area contributed by atoms with Gasteiger partial charge in [-0.15, -0.1) is 12.6 Å². The molecule has 2 aromatic rings. The van der Waals surface area contributed by atoms with Crippen LogP contribution < -0.4 is 5.32 Å². The molecule has 0 bridgehead atoms. The van der Waals surface area contributed by atoms with Crippen molar-refractivity contribution in [3.8, 4) is 0 Å². The Balaban J connectivity index is 2.52. The van der Waals surface area contributed by atoms with Gasteiger partial charge in [0, 0.05) is 10.3 Å². The molecule has 0 saturated carbocycles. The molecule has 1 aromatic carbocycles. The molecule has 0 aliphatic heterocycles. The van der Waals surface area contributed by atoms with Gasteiger partial charge in [0.25, 0.3) is 0 Å². The largest absolute Gasteiger partial charge is 0.320 e. The normalized spacial score (nSPS) is 10.1. The van der Waals surface area contributed by atoms with E-state index in [-0.39, 0.29) is 5.91 Å². The predicted molar refractivity (Wildman–Crippen MR) is 67.8 cm³/mol. The zero-order valence-corrected chi connectivity index (χ0v) is 9.37. The van der Waals surface area contributed by atoms with E-state index >= 15 is 0 Å². The molecule has 16 heavy (non-hydrogen) atoms. The van der Waals surface area contributed by atoms with Gasteiger partial charge in [-0.2, -0.15) is 0 Å². The van der Waals surface area contributed by atoms with Crippen LogP contribution in [0.4, 0.5) is 5.69 Å². The minimum atomic E-state index is -0.271. The van der Waals surface area contributed by atoms with Crippen LogP contribution in [0.2, 0.25) is 0 Å². The second-order valence-corrected chi connectivity index (χ2v) is 3.68. The SMILES string of the molecule is C=CC(=O)Nc1cnc2ccccc2c1S. The van der Waals surface area contributed by atoms with Crippen molar-refractivity contribution in [1.82, 2.24) is 4.98 Å². The first-order valence-electron chi connectivity index (χ1n) is 4.72. The smallest absolute Gasteiger partial charge is 0.247 e. The number of hydrogen-bond acceptors (Lipinski definition) is 3. The van der Waals surface area contributed by atoms with Crippen LogP contribution >= 0.6 is 12.6 Å². The summed E-state index contributed by atoms with van der Waals surface area (Å²) in [5.74, 6) is -0.271. The highest BCUT2D eigenvalue weighted by molar-refractivity contribution is 7.80. The average molecular weight is 230 g/mol. The summed E-state index contributed by atoms with van der Waals surface area (Å²) >= 11 is 4.39. The lowest BCUT2D eigenvalue weighted by Gasteiger charge is -2.07. The second-order valence-electron chi connectivity index (χ2n) is 3.23. The van der Waals surface area contributed by atoms with Crippen molar-refractivity contribution in [3.05, 3.63) is 43.1 Å². The summed E-state index contributed by atoms with van der Waals surface area (Å²) in [7, 11) is 0. The third kappa shape index (κ3) is 1.92. The van der Waals surface area contributed by atoms with Crippen LogP contribution in [-0.4, -0.2) is 10.9 Å². The first kappa shape index (κ1) is 10.7. The van der Waals surface area contributed by atoms with Crippen molar-refractivity contribution in [3.63, 3.8) is 0 Å². The second kappa shape index (κ2) is 4.37. The minimum Gasteiger partial charge on any atom is -0.320 e. The van der Waals surface area contributed by atoms with E-state index in [4.69, 9.17) is 0 Å². The molecule has 1 aromatic heterocycles. The van der Waals surface area contributed by atoms with E-state index in [0.717, 1.165) is 10.9 Å². The van der Waals surface area contributed by atoms with E-state index in [2.05, 4.69) is 29.5 Å². The van der Waals surface area contributed by atoms with Crippen LogP contribution in [-0.2, 0) is 4.79 Å². The summed E-state index contributed by atoms with van der Waals surface area (Å²) in [4.78, 5) is 16.1. The molecule has 0 spiro atoms. The molecular weight excluding hydrogens is 220 g/mol. The van der Waals surface area contributed by atoms with Crippen molar-refractivity contribution in [2.75, 3.05) is 5.32 Å². The number of nitrogens with one attached hydrogen (secondary N) is 1. The number of aromatic nitrogens is 1. The molecule has 1 N–H and O–H groups in total. The van der Waals surface area contributed by atoms with E-state index in [1.807, 2.05) is 24.3 Å². The summed E-state index contributed by atoms with van der Waals surface area (Å²) < 4.78 is 0. The number of amides is 1. The summed E-state index contributed by atoms with van der Waals surface area (Å²) in [6.07, 6.45) is 2.80. The van der Waals surface area contributed by atoms with E-state index in [1.165, 1.54) is 6.08 Å². The number of hydrogen-bond donors (Lipinski definition) is 2. The number of fused-ring (bicyclic) bond motifs is 1. The standard InChI is InChI=1S/C12H10N2OS/c1-2-11(15)14-10-7-13-9-6-4-3-5-8(9)12(10)16/h2-7H,1H2,(H,13,16)(H,14,15). The first-order chi connectivity index (χ1) is 7.72. The Bertz CT molecular complexity index is 566. The number of carbonyl (C=O) groups excluding carboxylic acids is 1. The fraction of sp³-hybridized carbons (Fsp3) is 0. The van der Waals surface area contributed by atoms with Gasteiger partial charge >= 0.3 is 0 Å². The van der Waals surface area contributed by atoms with E-state index in [0.29, 0.717) is 10.6 Å². The van der Waals surface area contributed by atoms with Crippen LogP contribution in [0.5, 0.6) is 0 Å². The maximum Gasteiger partial charge on any atom is 0.247 e. The van der Waals surface area contributed by atoms with Crippen LogP contribution in [0.3, 0.4) is 0 Å². The fourth-order valence-electron chi connectivity index (χ4n) is 1.40. The van der Waals surface area contributed by atoms with Crippen LogP contribution in [0.25, 0.3) is 10.9 Å². The number of nitrogens with zero attached hydrogens (tertiary/aromatic N) is 1. The number of carbonyl (C=O) groups is 1. The highest BCUT2D eigenvalue weighted by atomic mass is 32.1. The molecule has 2 rings (SSSR count). The lowest BCUT2D eigenvalue weighted by molar-refractivity contribution is -0.111. The molecule has 3 nitrogen and oxygen atoms in total. The van der Waals surface area contributed by atoms with Gasteiger partial charge in [0.05, 0.1) is 17.4 Å². The van der Waals surface area contributed by atoms with Gasteiger partial charge in [-0.25, -0.2) is 0 Å². The van der Waals surface area contributed by atoms with Gasteiger partial charge in [-0.1, -0.05) is 24.8 Å². The first-order valence-corrected chi connectivity index (χ1v) is 5.17. The third-order valence-corrected chi connectivity index (χ3v) is 2.67. The molecule has 0 saturated heterocycles. The molecule has 1 amide bonds. The summed E-state index contributed by atoms with van der Waals surface area (Å²) in [6, 6.07) is 7.62. The molecule has 0 aliphatic carbocycles. The zero-order valence-electron chi connectivity index (χ0n) is 8.47. The van der Waals surface area contributed by atoms with E-state index < -0.39 is 0 Å². The lowest BCUT2D eigenvalue weighted by atomic mass is 10.2. The maximum atomic E-state index is 11.2. The van der Waals surface area contributed by atoms with Crippen molar-refractivity contribution >= 4 is 35.1 Å². The maximum absolute atomic E-state index is 11.2. The topological polar surface area (TPSA) is 42.0 Å². The van der Waals surface area contributed by atoms with Crippen LogP contribution in [0.1, 0.15) is 0 Å². The molecule has 1 heterocycles. The minimum absolute atomic E-state index is 0.271. The Kier molecular flexibility index (Phi) is 2.92. The van der Waals surface area contributed by atoms with Crippen LogP contribution in [0.15, 0.2) is 48.0 Å². The fourth-order valence-corrected chi connectivity index (χ4v) is 1.70. The van der Waals surface area contributed by atoms with Gasteiger partial charge in [0.2, 0.25) is 5.91 Å². The van der Waals surface area contributed by atoms with Crippen molar-refractivity contribution in [1.29, 1.82) is 0 Å². The van der Waals surface area contributed by atoms with Crippen LogP contribution in [0, 0.1) is 0 Å².